The van der Waals surface area contributed by atoms with Gasteiger partial charge in [-0.1, -0.05) is 50.0 Å². The molecular formula is C29H46N4O7Si. The summed E-state index contributed by atoms with van der Waals surface area (Å²) in [5, 5.41) is 15.6. The molecule has 0 bridgehead atoms. The molecule has 228 valence electrons. The van der Waals surface area contributed by atoms with Crippen LogP contribution in [-0.2, 0) is 20.9 Å². The molecule has 1 aliphatic heterocycles. The van der Waals surface area contributed by atoms with Gasteiger partial charge in [0.15, 0.2) is 0 Å². The summed E-state index contributed by atoms with van der Waals surface area (Å²) in [6.07, 6.45) is -0.455. The average Bonchev–Trinajstić information content (AvgIpc) is 3.21. The van der Waals surface area contributed by atoms with Crippen LogP contribution in [0.5, 0.6) is 0 Å². The Morgan fingerprint density at radius 2 is 1.68 bits per heavy atom. The molecule has 1 saturated heterocycles. The number of carbonyl (C=O) groups excluding carboxylic acids is 3. The lowest BCUT2D eigenvalue weighted by Gasteiger charge is -2.47. The van der Waals surface area contributed by atoms with Gasteiger partial charge in [-0.25, -0.2) is 14.4 Å². The van der Waals surface area contributed by atoms with Gasteiger partial charge < -0.3 is 35.0 Å². The number of hydrogen-bond acceptors (Lipinski definition) is 6. The van der Waals surface area contributed by atoms with E-state index in [0.29, 0.717) is 38.8 Å². The minimum absolute atomic E-state index is 0.0982. The van der Waals surface area contributed by atoms with Crippen molar-refractivity contribution in [1.82, 2.24) is 20.4 Å². The summed E-state index contributed by atoms with van der Waals surface area (Å²) in [5.74, 6) is -0.241. The van der Waals surface area contributed by atoms with E-state index in [9.17, 15) is 24.3 Å². The number of nitrogens with one attached hydrogen (secondary N) is 2. The fraction of sp³-hybridized carbons (Fsp3) is 0.655. The Morgan fingerprint density at radius 3 is 2.29 bits per heavy atom. The third-order valence-corrected chi connectivity index (χ3v) is 9.32. The quantitative estimate of drug-likeness (QED) is 0.356. The molecule has 2 aliphatic rings. The molecule has 4 amide bonds. The van der Waals surface area contributed by atoms with Crippen LogP contribution in [0.25, 0.3) is 0 Å². The predicted octanol–water partition coefficient (Wildman–Crippen LogP) is 4.65. The summed E-state index contributed by atoms with van der Waals surface area (Å²) in [6.45, 7) is 12.9. The van der Waals surface area contributed by atoms with E-state index in [-0.39, 0.29) is 24.6 Å². The molecular weight excluding hydrogens is 544 g/mol. The number of nitrogens with zero attached hydrogens (tertiary/aromatic N) is 2. The van der Waals surface area contributed by atoms with Crippen molar-refractivity contribution in [2.75, 3.05) is 13.2 Å². The van der Waals surface area contributed by atoms with Gasteiger partial charge in [0, 0.05) is 26.2 Å². The first-order valence-corrected chi connectivity index (χ1v) is 18.1. The Labute approximate surface area is 243 Å². The Morgan fingerprint density at radius 1 is 1.02 bits per heavy atom. The van der Waals surface area contributed by atoms with Crippen LogP contribution in [0.15, 0.2) is 30.3 Å². The number of benzene rings is 1. The molecule has 0 radical (unpaired) electrons. The standard InChI is InChI=1S/C29H46N4O7Si/c1-29(2,3)33(28(37)38)21-12-13-24(23(18-21)31-26(35)39-16-17-41(4,5)6)32-15-14-22(25(32)34)30-27(36)40-19-20-10-8-7-9-11-20/h7-11,21-24H,12-19H2,1-6H3,(H,30,36)(H,31,35)(H,37,38)/t21-,22+,23-,24+/m1/s1. The first-order valence-electron chi connectivity index (χ1n) is 14.4. The predicted molar refractivity (Wildman–Crippen MR) is 157 cm³/mol. The van der Waals surface area contributed by atoms with Gasteiger partial charge in [0.05, 0.1) is 18.7 Å². The van der Waals surface area contributed by atoms with Crippen LogP contribution in [0.4, 0.5) is 14.4 Å². The second kappa shape index (κ2) is 13.6. The van der Waals surface area contributed by atoms with Gasteiger partial charge in [-0.15, -0.1) is 0 Å². The van der Waals surface area contributed by atoms with E-state index in [2.05, 4.69) is 30.3 Å². The minimum Gasteiger partial charge on any atom is -0.465 e. The van der Waals surface area contributed by atoms with Crippen LogP contribution >= 0.6 is 0 Å². The molecule has 1 heterocycles. The maximum Gasteiger partial charge on any atom is 0.408 e. The van der Waals surface area contributed by atoms with Crippen LogP contribution in [0.1, 0.15) is 52.0 Å². The van der Waals surface area contributed by atoms with Gasteiger partial charge in [-0.2, -0.15) is 0 Å². The van der Waals surface area contributed by atoms with E-state index in [1.807, 2.05) is 51.1 Å². The van der Waals surface area contributed by atoms with Crippen molar-refractivity contribution in [3.8, 4) is 0 Å². The van der Waals surface area contributed by atoms with Gasteiger partial charge in [0.1, 0.15) is 12.6 Å². The van der Waals surface area contributed by atoms with E-state index in [1.54, 1.807) is 4.90 Å². The normalized spacial score (nSPS) is 23.1. The Bertz CT molecular complexity index is 1070. The number of carbonyl (C=O) groups is 4. The van der Waals surface area contributed by atoms with E-state index < -0.39 is 44.0 Å². The fourth-order valence-corrected chi connectivity index (χ4v) is 6.32. The Hall–Kier alpha value is -3.28. The SMILES string of the molecule is CC(C)(C)N(C(=O)O)[C@@H]1CC[C@H](N2CC[C@H](NC(=O)OCc3ccccc3)C2=O)[C@H](NC(=O)OCC[Si](C)(C)C)C1. The third-order valence-electron chi connectivity index (χ3n) is 7.61. The molecule has 2 fully saturated rings. The lowest BCUT2D eigenvalue weighted by atomic mass is 9.83. The van der Waals surface area contributed by atoms with Crippen molar-refractivity contribution >= 4 is 32.3 Å². The van der Waals surface area contributed by atoms with Crippen LogP contribution < -0.4 is 10.6 Å². The zero-order chi connectivity index (χ0) is 30.4. The number of rotatable bonds is 9. The molecule has 1 saturated carbocycles. The first kappa shape index (κ1) is 32.2. The van der Waals surface area contributed by atoms with E-state index in [1.165, 1.54) is 4.90 Å². The zero-order valence-electron chi connectivity index (χ0n) is 25.1. The smallest absolute Gasteiger partial charge is 0.408 e. The van der Waals surface area contributed by atoms with Gasteiger partial charge in [-0.3, -0.25) is 4.79 Å². The molecule has 0 spiro atoms. The highest BCUT2D eigenvalue weighted by atomic mass is 28.3. The molecule has 12 heteroatoms. The number of alkyl carbamates (subject to hydrolysis) is 2. The van der Waals surface area contributed by atoms with Crippen molar-refractivity contribution in [1.29, 1.82) is 0 Å². The summed E-state index contributed by atoms with van der Waals surface area (Å²) >= 11 is 0. The molecule has 0 unspecified atom stereocenters. The minimum atomic E-state index is -1.40. The second-order valence-electron chi connectivity index (χ2n) is 13.1. The summed E-state index contributed by atoms with van der Waals surface area (Å²) in [6, 6.07) is 8.17. The molecule has 3 rings (SSSR count). The number of ether oxygens (including phenoxy) is 2. The van der Waals surface area contributed by atoms with Crippen molar-refractivity contribution < 1.29 is 33.8 Å². The molecule has 3 N–H and O–H groups in total. The maximum absolute atomic E-state index is 13.4. The third kappa shape index (κ3) is 9.37. The summed E-state index contributed by atoms with van der Waals surface area (Å²) in [7, 11) is -1.40. The van der Waals surface area contributed by atoms with Crippen molar-refractivity contribution in [2.45, 2.75) is 108 Å². The Kier molecular flexibility index (Phi) is 10.7. The number of carboxylic acid groups (broad SMARTS) is 1. The van der Waals surface area contributed by atoms with Crippen molar-refractivity contribution in [2.24, 2.45) is 0 Å². The summed E-state index contributed by atoms with van der Waals surface area (Å²) in [4.78, 5) is 54.0. The van der Waals surface area contributed by atoms with Crippen LogP contribution in [0.2, 0.25) is 25.7 Å². The highest BCUT2D eigenvalue weighted by molar-refractivity contribution is 6.76. The lowest BCUT2D eigenvalue weighted by molar-refractivity contribution is -0.132. The van der Waals surface area contributed by atoms with Crippen molar-refractivity contribution in [3.05, 3.63) is 35.9 Å². The number of hydrogen-bond donors (Lipinski definition) is 3. The molecule has 1 aromatic carbocycles. The van der Waals surface area contributed by atoms with Gasteiger partial charge >= 0.3 is 18.3 Å². The van der Waals surface area contributed by atoms with Crippen LogP contribution in [-0.4, -0.2) is 90.0 Å². The summed E-state index contributed by atoms with van der Waals surface area (Å²) < 4.78 is 10.8. The average molecular weight is 591 g/mol. The largest absolute Gasteiger partial charge is 0.465 e. The molecule has 1 aromatic rings. The van der Waals surface area contributed by atoms with Gasteiger partial charge in [0.25, 0.3) is 0 Å². The summed E-state index contributed by atoms with van der Waals surface area (Å²) in [5.41, 5.74) is 0.208. The first-order chi connectivity index (χ1) is 19.2. The number of likely N-dealkylation sites (tertiary alicyclic amines) is 1. The van der Waals surface area contributed by atoms with Crippen LogP contribution in [0.3, 0.4) is 0 Å². The zero-order valence-corrected chi connectivity index (χ0v) is 26.1. The topological polar surface area (TPSA) is 138 Å². The molecule has 11 nitrogen and oxygen atoms in total. The van der Waals surface area contributed by atoms with Gasteiger partial charge in [-0.05, 0) is 58.1 Å². The Balaban J connectivity index is 1.68. The lowest BCUT2D eigenvalue weighted by Crippen LogP contribution is -2.61. The van der Waals surface area contributed by atoms with E-state index in [0.717, 1.165) is 11.6 Å². The van der Waals surface area contributed by atoms with Gasteiger partial charge in [0.2, 0.25) is 5.91 Å². The maximum atomic E-state index is 13.4. The molecule has 4 atom stereocenters. The van der Waals surface area contributed by atoms with E-state index >= 15 is 0 Å². The second-order valence-corrected chi connectivity index (χ2v) is 18.8. The monoisotopic (exact) mass is 590 g/mol. The highest BCUT2D eigenvalue weighted by Crippen LogP contribution is 2.33. The van der Waals surface area contributed by atoms with Crippen LogP contribution in [0, 0.1) is 0 Å². The molecule has 1 aliphatic carbocycles. The molecule has 41 heavy (non-hydrogen) atoms. The van der Waals surface area contributed by atoms with E-state index in [4.69, 9.17) is 9.47 Å². The molecule has 0 aromatic heterocycles. The fourth-order valence-electron chi connectivity index (χ4n) is 5.60. The highest BCUT2D eigenvalue weighted by Gasteiger charge is 2.46. The number of amides is 4. The van der Waals surface area contributed by atoms with Crippen molar-refractivity contribution in [3.63, 3.8) is 0 Å².